The van der Waals surface area contributed by atoms with E-state index in [2.05, 4.69) is 32.9 Å². The van der Waals surface area contributed by atoms with Crippen LogP contribution in [-0.2, 0) is 17.7 Å². The normalized spacial score (nSPS) is 14.3. The van der Waals surface area contributed by atoms with Gasteiger partial charge in [0, 0.05) is 34.2 Å². The Morgan fingerprint density at radius 1 is 1.39 bits per heavy atom. The van der Waals surface area contributed by atoms with Gasteiger partial charge in [0.1, 0.15) is 5.00 Å². The summed E-state index contributed by atoms with van der Waals surface area (Å²) in [5.41, 5.74) is 2.09. The van der Waals surface area contributed by atoms with Crippen LogP contribution >= 0.6 is 27.3 Å². The maximum atomic E-state index is 12.6. The van der Waals surface area contributed by atoms with E-state index in [0.717, 1.165) is 34.4 Å². The summed E-state index contributed by atoms with van der Waals surface area (Å²) >= 11 is 4.92. The van der Waals surface area contributed by atoms with Crippen LogP contribution in [-0.4, -0.2) is 49.0 Å². The second kappa shape index (κ2) is 9.07. The van der Waals surface area contributed by atoms with Crippen molar-refractivity contribution in [2.75, 3.05) is 26.8 Å². The van der Waals surface area contributed by atoms with Gasteiger partial charge in [-0.25, -0.2) is 9.79 Å². The van der Waals surface area contributed by atoms with Crippen LogP contribution in [0.2, 0.25) is 0 Å². The summed E-state index contributed by atoms with van der Waals surface area (Å²) in [5.74, 6) is 0.0637. The topological polar surface area (TPSA) is 71.4 Å². The number of hydrogen-bond acceptors (Lipinski definition) is 7. The zero-order chi connectivity index (χ0) is 20.3. The molecule has 1 aliphatic rings. The van der Waals surface area contributed by atoms with Crippen molar-refractivity contribution in [1.82, 2.24) is 4.90 Å². The molecule has 6 nitrogen and oxygen atoms in total. The second-order valence-electron chi connectivity index (χ2n) is 6.43. The summed E-state index contributed by atoms with van der Waals surface area (Å²) in [6, 6.07) is 3.46. The van der Waals surface area contributed by atoms with Gasteiger partial charge in [-0.3, -0.25) is 0 Å². The van der Waals surface area contributed by atoms with E-state index >= 15 is 0 Å². The van der Waals surface area contributed by atoms with Gasteiger partial charge in [0.25, 0.3) is 0 Å². The van der Waals surface area contributed by atoms with Crippen molar-refractivity contribution in [3.05, 3.63) is 38.2 Å². The molecule has 0 radical (unpaired) electrons. The van der Waals surface area contributed by atoms with Gasteiger partial charge in [-0.2, -0.15) is 0 Å². The maximum Gasteiger partial charge on any atom is 0.341 e. The largest absolute Gasteiger partial charge is 0.504 e. The molecule has 2 aromatic rings. The van der Waals surface area contributed by atoms with Gasteiger partial charge in [0.2, 0.25) is 0 Å². The van der Waals surface area contributed by atoms with Crippen LogP contribution in [0, 0.1) is 0 Å². The molecule has 1 aromatic carbocycles. The minimum absolute atomic E-state index is 0.0209. The Morgan fingerprint density at radius 2 is 2.18 bits per heavy atom. The van der Waals surface area contributed by atoms with Crippen molar-refractivity contribution in [3.8, 4) is 11.5 Å². The fourth-order valence-corrected chi connectivity index (χ4v) is 4.82. The lowest BCUT2D eigenvalue weighted by Crippen LogP contribution is -2.26. The van der Waals surface area contributed by atoms with E-state index in [1.165, 1.54) is 11.3 Å². The van der Waals surface area contributed by atoms with Crippen LogP contribution < -0.4 is 4.74 Å². The highest BCUT2D eigenvalue weighted by Crippen LogP contribution is 2.40. The molecule has 2 heterocycles. The number of benzene rings is 1. The van der Waals surface area contributed by atoms with E-state index in [4.69, 9.17) is 9.47 Å². The second-order valence-corrected chi connectivity index (χ2v) is 8.42. The molecule has 0 saturated carbocycles. The van der Waals surface area contributed by atoms with Gasteiger partial charge in [-0.1, -0.05) is 15.9 Å². The van der Waals surface area contributed by atoms with Crippen molar-refractivity contribution in [2.45, 2.75) is 26.8 Å². The van der Waals surface area contributed by atoms with Crippen LogP contribution in [0.15, 0.2) is 21.6 Å². The van der Waals surface area contributed by atoms with E-state index < -0.39 is 0 Å². The van der Waals surface area contributed by atoms with Gasteiger partial charge in [-0.15, -0.1) is 11.3 Å². The maximum absolute atomic E-state index is 12.6. The Kier molecular flexibility index (Phi) is 6.74. The first kappa shape index (κ1) is 20.8. The SMILES string of the molecule is CCOC(=O)c1c(/N=C/c2cc(Br)cc(OCC)c2O)sc2c1CCN(C)C2. The van der Waals surface area contributed by atoms with Crippen molar-refractivity contribution < 1.29 is 19.4 Å². The van der Waals surface area contributed by atoms with E-state index in [-0.39, 0.29) is 11.7 Å². The molecule has 1 aromatic heterocycles. The Bertz CT molecular complexity index is 910. The number of phenols is 1. The van der Waals surface area contributed by atoms with Crippen molar-refractivity contribution in [2.24, 2.45) is 4.99 Å². The number of carbonyl (C=O) groups excluding carboxylic acids is 1. The van der Waals surface area contributed by atoms with Gasteiger partial charge in [0.05, 0.1) is 18.8 Å². The van der Waals surface area contributed by atoms with Crippen molar-refractivity contribution in [1.29, 1.82) is 0 Å². The fraction of sp³-hybridized carbons (Fsp3) is 0.400. The number of likely N-dealkylation sites (N-methyl/N-ethyl adjacent to an activating group) is 1. The first-order valence-electron chi connectivity index (χ1n) is 9.14. The molecule has 150 valence electrons. The van der Waals surface area contributed by atoms with E-state index in [0.29, 0.717) is 35.1 Å². The third kappa shape index (κ3) is 4.39. The summed E-state index contributed by atoms with van der Waals surface area (Å²) in [6.45, 7) is 6.09. The molecule has 0 unspecified atom stereocenters. The number of nitrogens with zero attached hydrogens (tertiary/aromatic N) is 2. The number of aliphatic imine (C=N–C) groups is 1. The number of ether oxygens (including phenoxy) is 2. The van der Waals surface area contributed by atoms with Crippen LogP contribution in [0.1, 0.15) is 40.2 Å². The van der Waals surface area contributed by atoms with Crippen molar-refractivity contribution >= 4 is 44.5 Å². The molecule has 0 aliphatic carbocycles. The van der Waals surface area contributed by atoms with Crippen molar-refractivity contribution in [3.63, 3.8) is 0 Å². The summed E-state index contributed by atoms with van der Waals surface area (Å²) in [5, 5.41) is 11.1. The third-order valence-electron chi connectivity index (χ3n) is 4.40. The Labute approximate surface area is 176 Å². The highest BCUT2D eigenvalue weighted by atomic mass is 79.9. The molecular weight excluding hydrogens is 444 g/mol. The Hall–Kier alpha value is -1.90. The smallest absolute Gasteiger partial charge is 0.341 e. The number of esters is 1. The predicted octanol–water partition coefficient (Wildman–Crippen LogP) is 4.53. The summed E-state index contributed by atoms with van der Waals surface area (Å²) in [4.78, 5) is 20.5. The molecule has 0 fully saturated rings. The quantitative estimate of drug-likeness (QED) is 0.500. The number of halogens is 1. The Balaban J connectivity index is 2.01. The highest BCUT2D eigenvalue weighted by molar-refractivity contribution is 9.10. The van der Waals surface area contributed by atoms with Gasteiger partial charge < -0.3 is 19.5 Å². The van der Waals surface area contributed by atoms with Crippen LogP contribution in [0.4, 0.5) is 5.00 Å². The van der Waals surface area contributed by atoms with Gasteiger partial charge in [0.15, 0.2) is 11.5 Å². The number of carbonyl (C=O) groups is 1. The van der Waals surface area contributed by atoms with E-state index in [9.17, 15) is 9.90 Å². The van der Waals surface area contributed by atoms with E-state index in [1.54, 1.807) is 25.3 Å². The minimum atomic E-state index is -0.342. The molecule has 0 amide bonds. The zero-order valence-corrected chi connectivity index (χ0v) is 18.5. The van der Waals surface area contributed by atoms with Gasteiger partial charge in [-0.05, 0) is 45.0 Å². The first-order valence-corrected chi connectivity index (χ1v) is 10.7. The monoisotopic (exact) mass is 466 g/mol. The molecule has 0 spiro atoms. The van der Waals surface area contributed by atoms with Crippen LogP contribution in [0.5, 0.6) is 11.5 Å². The number of phenolic OH excluding ortho intramolecular Hbond substituents is 1. The molecule has 0 saturated heterocycles. The molecule has 0 bridgehead atoms. The fourth-order valence-electron chi connectivity index (χ4n) is 3.11. The van der Waals surface area contributed by atoms with E-state index in [1.807, 2.05) is 6.92 Å². The minimum Gasteiger partial charge on any atom is -0.504 e. The first-order chi connectivity index (χ1) is 13.4. The zero-order valence-electron chi connectivity index (χ0n) is 16.1. The number of thiophene rings is 1. The average Bonchev–Trinajstić information content (AvgIpc) is 3.01. The standard InChI is InChI=1S/C20H23BrN2O4S/c1-4-26-15-9-13(21)8-12(18(15)24)10-22-19-17(20(25)27-5-2)14-6-7-23(3)11-16(14)28-19/h8-10,24H,4-7,11H2,1-3H3/b22-10+. The number of rotatable bonds is 6. The summed E-state index contributed by atoms with van der Waals surface area (Å²) in [7, 11) is 2.06. The third-order valence-corrected chi connectivity index (χ3v) is 5.98. The Morgan fingerprint density at radius 3 is 2.89 bits per heavy atom. The van der Waals surface area contributed by atoms with Crippen LogP contribution in [0.25, 0.3) is 0 Å². The highest BCUT2D eigenvalue weighted by Gasteiger charge is 2.27. The summed E-state index contributed by atoms with van der Waals surface area (Å²) in [6.07, 6.45) is 2.36. The summed E-state index contributed by atoms with van der Waals surface area (Å²) < 4.78 is 11.5. The lowest BCUT2D eigenvalue weighted by molar-refractivity contribution is 0.0526. The lowest BCUT2D eigenvalue weighted by Gasteiger charge is -2.22. The molecule has 3 rings (SSSR count). The molecule has 0 atom stereocenters. The molecule has 1 aliphatic heterocycles. The lowest BCUT2D eigenvalue weighted by atomic mass is 10.0. The predicted molar refractivity (Wildman–Crippen MR) is 115 cm³/mol. The van der Waals surface area contributed by atoms with Gasteiger partial charge >= 0.3 is 5.97 Å². The molecule has 8 heteroatoms. The average molecular weight is 467 g/mol. The molecular formula is C20H23BrN2O4S. The van der Waals surface area contributed by atoms with Crippen LogP contribution in [0.3, 0.4) is 0 Å². The number of hydrogen-bond donors (Lipinski definition) is 1. The number of fused-ring (bicyclic) bond motifs is 1. The molecule has 1 N–H and O–H groups in total. The molecule has 28 heavy (non-hydrogen) atoms. The number of aromatic hydroxyl groups is 1.